The molecule has 0 spiro atoms. The third-order valence-corrected chi connectivity index (χ3v) is 3.53. The first-order valence-electron chi connectivity index (χ1n) is 6.93. The highest BCUT2D eigenvalue weighted by Gasteiger charge is 2.14. The molecule has 0 fully saturated rings. The van der Waals surface area contributed by atoms with Gasteiger partial charge in [-0.25, -0.2) is 9.78 Å². The molecule has 0 radical (unpaired) electrons. The van der Waals surface area contributed by atoms with Crippen LogP contribution in [0, 0.1) is 0 Å². The number of aromatic nitrogens is 1. The lowest BCUT2D eigenvalue weighted by atomic mass is 10.1. The maximum absolute atomic E-state index is 11.8. The number of esters is 1. The molecule has 1 heterocycles. The fraction of sp³-hybridized carbons (Fsp3) is 0.375. The van der Waals surface area contributed by atoms with Crippen LogP contribution in [0.3, 0.4) is 0 Å². The van der Waals surface area contributed by atoms with Crippen LogP contribution in [0.2, 0.25) is 0 Å². The zero-order valence-electron chi connectivity index (χ0n) is 12.1. The number of anilines is 1. The standard InChI is InChI=1S/C16H20N2O2/c1-4-11(5-2)18-15-13-9-7-6-8-12(13)14(10-17-15)16(19)20-3/h6-11H,4-5H2,1-3H3,(H,17,18). The summed E-state index contributed by atoms with van der Waals surface area (Å²) in [5.74, 6) is 0.463. The summed E-state index contributed by atoms with van der Waals surface area (Å²) in [6.07, 6.45) is 3.65. The normalized spacial score (nSPS) is 10.8. The van der Waals surface area contributed by atoms with Crippen molar-refractivity contribution in [2.45, 2.75) is 32.7 Å². The molecule has 0 atom stereocenters. The van der Waals surface area contributed by atoms with Gasteiger partial charge in [0.2, 0.25) is 0 Å². The molecular weight excluding hydrogens is 252 g/mol. The van der Waals surface area contributed by atoms with Gasteiger partial charge in [-0.15, -0.1) is 0 Å². The molecule has 4 heteroatoms. The van der Waals surface area contributed by atoms with E-state index in [0.717, 1.165) is 29.4 Å². The summed E-state index contributed by atoms with van der Waals surface area (Å²) in [6.45, 7) is 4.29. The van der Waals surface area contributed by atoms with Crippen molar-refractivity contribution in [1.82, 2.24) is 4.98 Å². The van der Waals surface area contributed by atoms with Crippen molar-refractivity contribution in [3.63, 3.8) is 0 Å². The van der Waals surface area contributed by atoms with Crippen LogP contribution in [0.5, 0.6) is 0 Å². The van der Waals surface area contributed by atoms with E-state index in [1.54, 1.807) is 6.20 Å². The highest BCUT2D eigenvalue weighted by molar-refractivity contribution is 6.07. The van der Waals surface area contributed by atoms with Crippen LogP contribution in [0.25, 0.3) is 10.8 Å². The molecule has 4 nitrogen and oxygen atoms in total. The van der Waals surface area contributed by atoms with Crippen LogP contribution < -0.4 is 5.32 Å². The third-order valence-electron chi connectivity index (χ3n) is 3.53. The molecule has 1 N–H and O–H groups in total. The predicted molar refractivity (Wildman–Crippen MR) is 81.1 cm³/mol. The topological polar surface area (TPSA) is 51.2 Å². The molecule has 0 saturated carbocycles. The van der Waals surface area contributed by atoms with E-state index < -0.39 is 0 Å². The smallest absolute Gasteiger partial charge is 0.340 e. The van der Waals surface area contributed by atoms with E-state index in [9.17, 15) is 4.79 Å². The number of nitrogens with one attached hydrogen (secondary N) is 1. The molecule has 1 aromatic carbocycles. The molecule has 20 heavy (non-hydrogen) atoms. The van der Waals surface area contributed by atoms with Gasteiger partial charge in [-0.05, 0) is 12.8 Å². The lowest BCUT2D eigenvalue weighted by Gasteiger charge is -2.17. The van der Waals surface area contributed by atoms with Gasteiger partial charge < -0.3 is 10.1 Å². The number of methoxy groups -OCH3 is 1. The Bertz CT molecular complexity index is 606. The number of carbonyl (C=O) groups excluding carboxylic acids is 1. The van der Waals surface area contributed by atoms with Crippen LogP contribution in [-0.2, 0) is 4.74 Å². The molecule has 0 aliphatic rings. The fourth-order valence-electron chi connectivity index (χ4n) is 2.27. The summed E-state index contributed by atoms with van der Waals surface area (Å²) in [4.78, 5) is 16.2. The SMILES string of the molecule is CCC(CC)Nc1ncc(C(=O)OC)c2ccccc12. The molecule has 0 aliphatic carbocycles. The third kappa shape index (κ3) is 2.74. The fourth-order valence-corrected chi connectivity index (χ4v) is 2.27. The molecule has 1 aromatic heterocycles. The van der Waals surface area contributed by atoms with E-state index in [1.807, 2.05) is 24.3 Å². The number of pyridine rings is 1. The molecule has 0 unspecified atom stereocenters. The maximum Gasteiger partial charge on any atom is 0.340 e. The minimum atomic E-state index is -0.359. The van der Waals surface area contributed by atoms with Gasteiger partial charge in [0.1, 0.15) is 5.82 Å². The maximum atomic E-state index is 11.8. The lowest BCUT2D eigenvalue weighted by Crippen LogP contribution is -2.18. The van der Waals surface area contributed by atoms with Crippen molar-refractivity contribution >= 4 is 22.6 Å². The van der Waals surface area contributed by atoms with Crippen molar-refractivity contribution in [2.24, 2.45) is 0 Å². The Balaban J connectivity index is 2.51. The Kier molecular flexibility index (Phi) is 4.56. The highest BCUT2D eigenvalue weighted by Crippen LogP contribution is 2.26. The largest absolute Gasteiger partial charge is 0.465 e. The molecule has 0 saturated heterocycles. The Morgan fingerprint density at radius 2 is 1.90 bits per heavy atom. The summed E-state index contributed by atoms with van der Waals surface area (Å²) >= 11 is 0. The highest BCUT2D eigenvalue weighted by atomic mass is 16.5. The van der Waals surface area contributed by atoms with Crippen molar-refractivity contribution in [3.05, 3.63) is 36.0 Å². The number of benzene rings is 1. The van der Waals surface area contributed by atoms with Crippen LogP contribution in [-0.4, -0.2) is 24.1 Å². The van der Waals surface area contributed by atoms with Gasteiger partial charge >= 0.3 is 5.97 Å². The minimum Gasteiger partial charge on any atom is -0.465 e. The van der Waals surface area contributed by atoms with E-state index in [2.05, 4.69) is 24.1 Å². The minimum absolute atomic E-state index is 0.359. The van der Waals surface area contributed by atoms with Crippen LogP contribution >= 0.6 is 0 Å². The molecule has 0 bridgehead atoms. The second-order valence-corrected chi connectivity index (χ2v) is 4.72. The summed E-state index contributed by atoms with van der Waals surface area (Å²) in [6, 6.07) is 8.13. The van der Waals surface area contributed by atoms with E-state index in [0.29, 0.717) is 11.6 Å². The van der Waals surface area contributed by atoms with Gasteiger partial charge in [0.25, 0.3) is 0 Å². The Morgan fingerprint density at radius 3 is 2.50 bits per heavy atom. The van der Waals surface area contributed by atoms with Gasteiger partial charge in [-0.2, -0.15) is 0 Å². The molecule has 0 aliphatic heterocycles. The second-order valence-electron chi connectivity index (χ2n) is 4.72. The van der Waals surface area contributed by atoms with Crippen LogP contribution in [0.4, 0.5) is 5.82 Å². The Morgan fingerprint density at radius 1 is 1.25 bits per heavy atom. The summed E-state index contributed by atoms with van der Waals surface area (Å²) in [7, 11) is 1.38. The zero-order valence-corrected chi connectivity index (χ0v) is 12.1. The predicted octanol–water partition coefficient (Wildman–Crippen LogP) is 3.62. The van der Waals surface area contributed by atoms with E-state index >= 15 is 0 Å². The monoisotopic (exact) mass is 272 g/mol. The van der Waals surface area contributed by atoms with Gasteiger partial charge in [0.05, 0.1) is 12.7 Å². The second kappa shape index (κ2) is 6.37. The summed E-state index contributed by atoms with van der Waals surface area (Å²) < 4.78 is 4.81. The zero-order chi connectivity index (χ0) is 14.5. The molecule has 2 aromatic rings. The first kappa shape index (κ1) is 14.3. The van der Waals surface area contributed by atoms with E-state index in [-0.39, 0.29) is 5.97 Å². The van der Waals surface area contributed by atoms with Gasteiger partial charge in [-0.1, -0.05) is 38.1 Å². The molecular formula is C16H20N2O2. The molecule has 106 valence electrons. The number of ether oxygens (including phenoxy) is 1. The number of hydrogen-bond donors (Lipinski definition) is 1. The first-order valence-corrected chi connectivity index (χ1v) is 6.93. The van der Waals surface area contributed by atoms with Crippen LogP contribution in [0.1, 0.15) is 37.0 Å². The van der Waals surface area contributed by atoms with Crippen LogP contribution in [0.15, 0.2) is 30.5 Å². The van der Waals surface area contributed by atoms with E-state index in [1.165, 1.54) is 7.11 Å². The van der Waals surface area contributed by atoms with E-state index in [4.69, 9.17) is 4.74 Å². The Labute approximate surface area is 119 Å². The number of rotatable bonds is 5. The van der Waals surface area contributed by atoms with Crippen molar-refractivity contribution in [3.8, 4) is 0 Å². The Hall–Kier alpha value is -2.10. The van der Waals surface area contributed by atoms with Crippen molar-refractivity contribution in [1.29, 1.82) is 0 Å². The number of nitrogens with zero attached hydrogens (tertiary/aromatic N) is 1. The quantitative estimate of drug-likeness (QED) is 0.845. The van der Waals surface area contributed by atoms with Crippen molar-refractivity contribution in [2.75, 3.05) is 12.4 Å². The van der Waals surface area contributed by atoms with Gasteiger partial charge in [0, 0.05) is 23.0 Å². The average Bonchev–Trinajstić information content (AvgIpc) is 2.51. The number of fused-ring (bicyclic) bond motifs is 1. The molecule has 2 rings (SSSR count). The summed E-state index contributed by atoms with van der Waals surface area (Å²) in [5, 5.41) is 5.25. The van der Waals surface area contributed by atoms with Crippen molar-refractivity contribution < 1.29 is 9.53 Å². The van der Waals surface area contributed by atoms with Gasteiger partial charge in [-0.3, -0.25) is 0 Å². The lowest BCUT2D eigenvalue weighted by molar-refractivity contribution is 0.0602. The number of carbonyl (C=O) groups is 1. The summed E-state index contributed by atoms with van der Waals surface area (Å²) in [5.41, 5.74) is 0.498. The first-order chi connectivity index (χ1) is 9.71. The average molecular weight is 272 g/mol. The van der Waals surface area contributed by atoms with Gasteiger partial charge in [0.15, 0.2) is 0 Å². The molecule has 0 amide bonds. The number of hydrogen-bond acceptors (Lipinski definition) is 4.